The zero-order valence-corrected chi connectivity index (χ0v) is 11.2. The second-order valence-electron chi connectivity index (χ2n) is 4.11. The van der Waals surface area contributed by atoms with E-state index >= 15 is 0 Å². The second kappa shape index (κ2) is 5.43. The average Bonchev–Trinajstić information content (AvgIpc) is 2.71. The van der Waals surface area contributed by atoms with Crippen molar-refractivity contribution in [1.29, 1.82) is 0 Å². The molecule has 0 radical (unpaired) electrons. The van der Waals surface area contributed by atoms with E-state index in [2.05, 4.69) is 43.1 Å². The quantitative estimate of drug-likeness (QED) is 0.900. The Hall–Kier alpha value is -1.19. The van der Waals surface area contributed by atoms with E-state index < -0.39 is 0 Å². The highest BCUT2D eigenvalue weighted by Crippen LogP contribution is 2.30. The smallest absolute Gasteiger partial charge is 0.0947 e. The van der Waals surface area contributed by atoms with Crippen LogP contribution in [0.4, 0.5) is 0 Å². The van der Waals surface area contributed by atoms with Gasteiger partial charge in [-0.25, -0.2) is 4.98 Å². The van der Waals surface area contributed by atoms with E-state index in [1.54, 1.807) is 11.3 Å². The fourth-order valence-corrected chi connectivity index (χ4v) is 2.93. The van der Waals surface area contributed by atoms with Crippen molar-refractivity contribution in [3.05, 3.63) is 40.5 Å². The Balaban J connectivity index is 2.31. The second-order valence-corrected chi connectivity index (χ2v) is 5.19. The van der Waals surface area contributed by atoms with Crippen molar-refractivity contribution >= 4 is 11.3 Å². The first kappa shape index (κ1) is 12.3. The van der Waals surface area contributed by atoms with Gasteiger partial charge in [0.1, 0.15) is 0 Å². The molecule has 1 heterocycles. The van der Waals surface area contributed by atoms with Gasteiger partial charge in [0.15, 0.2) is 0 Å². The maximum Gasteiger partial charge on any atom is 0.0947 e. The summed E-state index contributed by atoms with van der Waals surface area (Å²) in [6.07, 6.45) is 1.96. The van der Waals surface area contributed by atoms with Crippen LogP contribution >= 0.6 is 11.3 Å². The van der Waals surface area contributed by atoms with Crippen molar-refractivity contribution in [2.24, 2.45) is 5.73 Å². The van der Waals surface area contributed by atoms with Gasteiger partial charge in [0.05, 0.1) is 15.6 Å². The highest BCUT2D eigenvalue weighted by Gasteiger charge is 2.08. The van der Waals surface area contributed by atoms with Crippen LogP contribution in [-0.2, 0) is 12.8 Å². The van der Waals surface area contributed by atoms with Crippen molar-refractivity contribution in [1.82, 2.24) is 4.98 Å². The molecule has 0 bridgehead atoms. The fourth-order valence-electron chi connectivity index (χ4n) is 1.84. The summed E-state index contributed by atoms with van der Waals surface area (Å²) in [4.78, 5) is 5.83. The van der Waals surface area contributed by atoms with Crippen molar-refractivity contribution in [2.45, 2.75) is 26.7 Å². The van der Waals surface area contributed by atoms with Crippen LogP contribution in [0, 0.1) is 6.92 Å². The Bertz CT molecular complexity index is 485. The molecule has 0 aliphatic carbocycles. The van der Waals surface area contributed by atoms with Crippen LogP contribution in [0.1, 0.15) is 23.2 Å². The summed E-state index contributed by atoms with van der Waals surface area (Å²) in [5.41, 5.74) is 9.31. The first-order valence-electron chi connectivity index (χ1n) is 6.00. The summed E-state index contributed by atoms with van der Waals surface area (Å²) in [7, 11) is 0. The molecule has 1 aromatic heterocycles. The van der Waals surface area contributed by atoms with Gasteiger partial charge < -0.3 is 5.73 Å². The molecule has 1 aromatic carbocycles. The van der Waals surface area contributed by atoms with Gasteiger partial charge in [-0.2, -0.15) is 0 Å². The molecule has 0 saturated heterocycles. The minimum Gasteiger partial charge on any atom is -0.330 e. The normalized spacial score (nSPS) is 10.8. The van der Waals surface area contributed by atoms with Crippen LogP contribution in [0.3, 0.4) is 0 Å². The van der Waals surface area contributed by atoms with Crippen LogP contribution < -0.4 is 5.73 Å². The van der Waals surface area contributed by atoms with E-state index in [1.165, 1.54) is 16.0 Å². The summed E-state index contributed by atoms with van der Waals surface area (Å²) in [5.74, 6) is 0. The van der Waals surface area contributed by atoms with E-state index in [0.717, 1.165) is 23.5 Å². The number of aryl methyl sites for hydroxylation is 2. The minimum absolute atomic E-state index is 0.668. The molecule has 0 amide bonds. The fraction of sp³-hybridized carbons (Fsp3) is 0.357. The molecule has 3 heteroatoms. The van der Waals surface area contributed by atoms with Crippen LogP contribution in [0.5, 0.6) is 0 Å². The van der Waals surface area contributed by atoms with Crippen LogP contribution in [0.15, 0.2) is 24.3 Å². The predicted octanol–water partition coefficient (Wildman–Crippen LogP) is 3.18. The molecule has 2 N–H and O–H groups in total. The van der Waals surface area contributed by atoms with Gasteiger partial charge in [0.2, 0.25) is 0 Å². The standard InChI is InChI=1S/C14H18N2S/c1-3-11-4-6-12(7-5-11)14-10(2)16-13(17-14)8-9-15/h4-7H,3,8-9,15H2,1-2H3. The van der Waals surface area contributed by atoms with Crippen LogP contribution in [0.25, 0.3) is 10.4 Å². The van der Waals surface area contributed by atoms with Crippen molar-refractivity contribution in [3.8, 4) is 10.4 Å². The van der Waals surface area contributed by atoms with Crippen LogP contribution in [-0.4, -0.2) is 11.5 Å². The lowest BCUT2D eigenvalue weighted by molar-refractivity contribution is 0.946. The third-order valence-electron chi connectivity index (χ3n) is 2.82. The summed E-state index contributed by atoms with van der Waals surface area (Å²) >= 11 is 1.76. The lowest BCUT2D eigenvalue weighted by atomic mass is 10.1. The molecular formula is C14H18N2S. The summed E-state index contributed by atoms with van der Waals surface area (Å²) in [6, 6.07) is 8.76. The Morgan fingerprint density at radius 2 is 1.94 bits per heavy atom. The first-order chi connectivity index (χ1) is 8.24. The van der Waals surface area contributed by atoms with E-state index in [4.69, 9.17) is 5.73 Å². The molecule has 90 valence electrons. The number of hydrogen-bond donors (Lipinski definition) is 1. The average molecular weight is 246 g/mol. The monoisotopic (exact) mass is 246 g/mol. The molecule has 0 aliphatic rings. The van der Waals surface area contributed by atoms with Crippen molar-refractivity contribution in [2.75, 3.05) is 6.54 Å². The third-order valence-corrected chi connectivity index (χ3v) is 4.09. The maximum atomic E-state index is 5.56. The summed E-state index contributed by atoms with van der Waals surface area (Å²) in [5, 5.41) is 1.14. The minimum atomic E-state index is 0.668. The molecule has 0 aliphatic heterocycles. The molecule has 0 spiro atoms. The highest BCUT2D eigenvalue weighted by atomic mass is 32.1. The molecule has 17 heavy (non-hydrogen) atoms. The lowest BCUT2D eigenvalue weighted by Gasteiger charge is -2.00. The molecule has 2 nitrogen and oxygen atoms in total. The number of benzene rings is 1. The molecular weight excluding hydrogens is 228 g/mol. The van der Waals surface area contributed by atoms with Crippen molar-refractivity contribution < 1.29 is 0 Å². The Labute approximate surface area is 107 Å². The van der Waals surface area contributed by atoms with Crippen LogP contribution in [0.2, 0.25) is 0 Å². The Kier molecular flexibility index (Phi) is 3.92. The third kappa shape index (κ3) is 2.73. The topological polar surface area (TPSA) is 38.9 Å². The molecule has 0 unspecified atom stereocenters. The van der Waals surface area contributed by atoms with Gasteiger partial charge in [0.25, 0.3) is 0 Å². The van der Waals surface area contributed by atoms with E-state index in [9.17, 15) is 0 Å². The molecule has 0 fully saturated rings. The number of rotatable bonds is 4. The zero-order chi connectivity index (χ0) is 12.3. The number of thiazole rings is 1. The predicted molar refractivity (Wildman–Crippen MR) is 74.4 cm³/mol. The summed E-state index contributed by atoms with van der Waals surface area (Å²) < 4.78 is 0. The number of nitrogens with zero attached hydrogens (tertiary/aromatic N) is 1. The number of hydrogen-bond acceptors (Lipinski definition) is 3. The first-order valence-corrected chi connectivity index (χ1v) is 6.82. The van der Waals surface area contributed by atoms with Gasteiger partial charge in [-0.15, -0.1) is 11.3 Å². The molecule has 0 atom stereocenters. The number of aromatic nitrogens is 1. The van der Waals surface area contributed by atoms with E-state index in [0.29, 0.717) is 6.54 Å². The zero-order valence-electron chi connectivity index (χ0n) is 10.4. The number of nitrogens with two attached hydrogens (primary N) is 1. The molecule has 2 aromatic rings. The Morgan fingerprint density at radius 1 is 1.24 bits per heavy atom. The van der Waals surface area contributed by atoms with Gasteiger partial charge >= 0.3 is 0 Å². The van der Waals surface area contributed by atoms with E-state index in [-0.39, 0.29) is 0 Å². The van der Waals surface area contributed by atoms with Gasteiger partial charge in [-0.05, 0) is 31.0 Å². The molecule has 0 saturated carbocycles. The highest BCUT2D eigenvalue weighted by molar-refractivity contribution is 7.15. The SMILES string of the molecule is CCc1ccc(-c2sc(CCN)nc2C)cc1. The maximum absolute atomic E-state index is 5.56. The van der Waals surface area contributed by atoms with Crippen molar-refractivity contribution in [3.63, 3.8) is 0 Å². The lowest BCUT2D eigenvalue weighted by Crippen LogP contribution is -2.01. The van der Waals surface area contributed by atoms with E-state index in [1.807, 2.05) is 0 Å². The summed E-state index contributed by atoms with van der Waals surface area (Å²) in [6.45, 7) is 4.91. The molecule has 2 rings (SSSR count). The van der Waals surface area contributed by atoms with Gasteiger partial charge in [-0.1, -0.05) is 31.2 Å². The van der Waals surface area contributed by atoms with Gasteiger partial charge in [0, 0.05) is 6.42 Å². The van der Waals surface area contributed by atoms with Gasteiger partial charge in [-0.3, -0.25) is 0 Å². The largest absolute Gasteiger partial charge is 0.330 e. The Morgan fingerprint density at radius 3 is 2.53 bits per heavy atom.